The molecule has 3 N–H and O–H groups in total. The second-order valence-electron chi connectivity index (χ2n) is 8.96. The minimum atomic E-state index is -0.270. The van der Waals surface area contributed by atoms with Crippen molar-refractivity contribution in [2.45, 2.75) is 63.7 Å². The van der Waals surface area contributed by atoms with E-state index in [0.717, 1.165) is 5.82 Å². The summed E-state index contributed by atoms with van der Waals surface area (Å²) in [5.74, 6) is 3.68. The lowest BCUT2D eigenvalue weighted by molar-refractivity contribution is 0.0937. The molecule has 0 spiro atoms. The van der Waals surface area contributed by atoms with Gasteiger partial charge in [0, 0.05) is 49.8 Å². The Morgan fingerprint density at radius 3 is 2.55 bits per heavy atom. The lowest BCUT2D eigenvalue weighted by atomic mass is 9.86. The number of terminal acetylenes is 1. The number of nitrogens with one attached hydrogen (secondary N) is 3. The van der Waals surface area contributed by atoms with Gasteiger partial charge in [0.05, 0.1) is 18.6 Å². The van der Waals surface area contributed by atoms with Gasteiger partial charge in [0.25, 0.3) is 5.91 Å². The van der Waals surface area contributed by atoms with E-state index in [4.69, 9.17) is 6.42 Å². The molecule has 2 unspecified atom stereocenters. The van der Waals surface area contributed by atoms with Crippen LogP contribution < -0.4 is 21.1 Å². The standard InChI is InChI=1S/C22H30N8O/c1-6-7-22(30-11-17(8-25-30)20-15(4)27-28-16(20)5)12-29(13-22)19-10-23-18(9-24-19)21(31)26-14(2)3/h1,8-11,14-16,20,27-28H,7,12-13H2,2-5H3,(H,26,31). The first-order chi connectivity index (χ1) is 14.8. The Labute approximate surface area is 183 Å². The first kappa shape index (κ1) is 21.3. The van der Waals surface area contributed by atoms with E-state index in [1.54, 1.807) is 6.20 Å². The minimum Gasteiger partial charge on any atom is -0.350 e. The number of amides is 1. The van der Waals surface area contributed by atoms with Gasteiger partial charge in [-0.05, 0) is 33.3 Å². The SMILES string of the molecule is C#CCC1(n2cc(C3C(C)NNC3C)cn2)CN(c2cnc(C(=O)NC(C)C)cn2)C1. The molecular formula is C22H30N8O. The van der Waals surface area contributed by atoms with Gasteiger partial charge < -0.3 is 10.2 Å². The van der Waals surface area contributed by atoms with Gasteiger partial charge in [0.1, 0.15) is 17.1 Å². The van der Waals surface area contributed by atoms with Crippen LogP contribution in [0.15, 0.2) is 24.8 Å². The first-order valence-electron chi connectivity index (χ1n) is 10.7. The highest BCUT2D eigenvalue weighted by atomic mass is 16.1. The highest BCUT2D eigenvalue weighted by Gasteiger charge is 2.46. The molecule has 0 radical (unpaired) electrons. The van der Waals surface area contributed by atoms with Crippen molar-refractivity contribution in [3.63, 3.8) is 0 Å². The van der Waals surface area contributed by atoms with Crippen LogP contribution in [-0.4, -0.2) is 56.9 Å². The van der Waals surface area contributed by atoms with E-state index in [-0.39, 0.29) is 17.5 Å². The van der Waals surface area contributed by atoms with Crippen molar-refractivity contribution >= 4 is 11.7 Å². The predicted octanol–water partition coefficient (Wildman–Crippen LogP) is 1.02. The fourth-order valence-corrected chi connectivity index (χ4v) is 4.51. The molecule has 2 aromatic heterocycles. The number of rotatable bonds is 6. The average molecular weight is 423 g/mol. The number of carbonyl (C=O) groups is 1. The van der Waals surface area contributed by atoms with Crippen LogP contribution in [0.2, 0.25) is 0 Å². The fourth-order valence-electron chi connectivity index (χ4n) is 4.51. The number of hydrogen-bond acceptors (Lipinski definition) is 7. The predicted molar refractivity (Wildman–Crippen MR) is 118 cm³/mol. The lowest BCUT2D eigenvalue weighted by Crippen LogP contribution is -2.63. The Morgan fingerprint density at radius 1 is 1.26 bits per heavy atom. The topological polar surface area (TPSA) is 100 Å². The Kier molecular flexibility index (Phi) is 5.69. The van der Waals surface area contributed by atoms with Crippen molar-refractivity contribution < 1.29 is 4.79 Å². The Bertz CT molecular complexity index is 960. The number of carbonyl (C=O) groups excluding carboxylic acids is 1. The van der Waals surface area contributed by atoms with Gasteiger partial charge in [-0.15, -0.1) is 12.3 Å². The van der Waals surface area contributed by atoms with Crippen LogP contribution in [0.5, 0.6) is 0 Å². The highest BCUT2D eigenvalue weighted by molar-refractivity contribution is 5.92. The molecular weight excluding hydrogens is 392 g/mol. The maximum atomic E-state index is 12.1. The normalized spacial score (nSPS) is 24.6. The van der Waals surface area contributed by atoms with Crippen molar-refractivity contribution in [2.24, 2.45) is 0 Å². The second kappa shape index (κ2) is 8.29. The Hall–Kier alpha value is -2.96. The highest BCUT2D eigenvalue weighted by Crippen LogP contribution is 2.36. The Balaban J connectivity index is 1.47. The summed E-state index contributed by atoms with van der Waals surface area (Å²) in [6, 6.07) is 0.709. The zero-order chi connectivity index (χ0) is 22.2. The quantitative estimate of drug-likeness (QED) is 0.598. The molecule has 9 heteroatoms. The van der Waals surface area contributed by atoms with Crippen molar-refractivity contribution in [1.29, 1.82) is 0 Å². The zero-order valence-corrected chi connectivity index (χ0v) is 18.5. The largest absolute Gasteiger partial charge is 0.350 e. The van der Waals surface area contributed by atoms with E-state index in [0.29, 0.717) is 43.2 Å². The van der Waals surface area contributed by atoms with Gasteiger partial charge in [0.2, 0.25) is 0 Å². The maximum Gasteiger partial charge on any atom is 0.271 e. The molecule has 0 aromatic carbocycles. The van der Waals surface area contributed by atoms with E-state index in [1.165, 1.54) is 11.8 Å². The number of nitrogens with zero attached hydrogens (tertiary/aromatic N) is 5. The minimum absolute atomic E-state index is 0.0504. The number of hydrazine groups is 1. The summed E-state index contributed by atoms with van der Waals surface area (Å²) in [6.07, 6.45) is 13.5. The summed E-state index contributed by atoms with van der Waals surface area (Å²) in [5.41, 5.74) is 7.84. The summed E-state index contributed by atoms with van der Waals surface area (Å²) in [7, 11) is 0. The molecule has 0 bridgehead atoms. The van der Waals surface area contributed by atoms with Crippen LogP contribution in [0, 0.1) is 12.3 Å². The van der Waals surface area contributed by atoms with E-state index in [2.05, 4.69) is 62.1 Å². The molecule has 4 heterocycles. The molecule has 0 saturated carbocycles. The van der Waals surface area contributed by atoms with Crippen LogP contribution >= 0.6 is 0 Å². The average Bonchev–Trinajstić information content (AvgIpc) is 3.30. The molecule has 1 amide bonds. The van der Waals surface area contributed by atoms with Gasteiger partial charge in [-0.1, -0.05) is 0 Å². The van der Waals surface area contributed by atoms with Crippen molar-refractivity contribution in [3.05, 3.63) is 36.0 Å². The summed E-state index contributed by atoms with van der Waals surface area (Å²) in [6.45, 7) is 9.54. The Morgan fingerprint density at radius 2 is 1.97 bits per heavy atom. The smallest absolute Gasteiger partial charge is 0.271 e. The second-order valence-corrected chi connectivity index (χ2v) is 8.96. The summed E-state index contributed by atoms with van der Waals surface area (Å²) in [5, 5.41) is 7.51. The number of aromatic nitrogens is 4. The first-order valence-corrected chi connectivity index (χ1v) is 10.7. The van der Waals surface area contributed by atoms with E-state index < -0.39 is 0 Å². The third-order valence-electron chi connectivity index (χ3n) is 6.11. The third kappa shape index (κ3) is 4.01. The molecule has 0 aliphatic carbocycles. The van der Waals surface area contributed by atoms with E-state index in [9.17, 15) is 4.79 Å². The van der Waals surface area contributed by atoms with Gasteiger partial charge in [0.15, 0.2) is 0 Å². The molecule has 2 aromatic rings. The van der Waals surface area contributed by atoms with E-state index >= 15 is 0 Å². The monoisotopic (exact) mass is 422 g/mol. The maximum absolute atomic E-state index is 12.1. The van der Waals surface area contributed by atoms with Gasteiger partial charge >= 0.3 is 0 Å². The van der Waals surface area contributed by atoms with Crippen molar-refractivity contribution in [2.75, 3.05) is 18.0 Å². The zero-order valence-electron chi connectivity index (χ0n) is 18.5. The number of anilines is 1. The van der Waals surface area contributed by atoms with Crippen LogP contribution in [0.4, 0.5) is 5.82 Å². The van der Waals surface area contributed by atoms with Crippen LogP contribution in [0.1, 0.15) is 56.1 Å². The van der Waals surface area contributed by atoms with Gasteiger partial charge in [-0.25, -0.2) is 9.97 Å². The van der Waals surface area contributed by atoms with E-state index in [1.807, 2.05) is 24.7 Å². The third-order valence-corrected chi connectivity index (χ3v) is 6.11. The van der Waals surface area contributed by atoms with Crippen LogP contribution in [0.25, 0.3) is 0 Å². The van der Waals surface area contributed by atoms with Crippen molar-refractivity contribution in [3.8, 4) is 12.3 Å². The van der Waals surface area contributed by atoms with Crippen LogP contribution in [0.3, 0.4) is 0 Å². The lowest BCUT2D eigenvalue weighted by Gasteiger charge is -2.49. The molecule has 2 aliphatic heterocycles. The molecule has 2 aliphatic rings. The fraction of sp³-hybridized carbons (Fsp3) is 0.545. The molecule has 2 atom stereocenters. The van der Waals surface area contributed by atoms with Crippen molar-refractivity contribution in [1.82, 2.24) is 35.9 Å². The van der Waals surface area contributed by atoms with Crippen LogP contribution in [-0.2, 0) is 5.54 Å². The summed E-state index contributed by atoms with van der Waals surface area (Å²) in [4.78, 5) is 22.9. The molecule has 164 valence electrons. The molecule has 2 fully saturated rings. The van der Waals surface area contributed by atoms with Gasteiger partial charge in [-0.2, -0.15) is 5.10 Å². The molecule has 9 nitrogen and oxygen atoms in total. The summed E-state index contributed by atoms with van der Waals surface area (Å²) >= 11 is 0. The molecule has 31 heavy (non-hydrogen) atoms. The van der Waals surface area contributed by atoms with Gasteiger partial charge in [-0.3, -0.25) is 20.3 Å². The molecule has 2 saturated heterocycles. The number of hydrogen-bond donors (Lipinski definition) is 3. The summed E-state index contributed by atoms with van der Waals surface area (Å²) < 4.78 is 2.02. The molecule has 4 rings (SSSR count).